The van der Waals surface area contributed by atoms with Crippen LogP contribution in [0.15, 0.2) is 78.0 Å². The number of nitrogens with one attached hydrogen (secondary N) is 2. The number of imidazole rings is 1. The van der Waals surface area contributed by atoms with E-state index in [0.29, 0.717) is 18.4 Å². The van der Waals surface area contributed by atoms with Crippen LogP contribution in [0.3, 0.4) is 0 Å². The van der Waals surface area contributed by atoms with E-state index < -0.39 is 0 Å². The van der Waals surface area contributed by atoms with Gasteiger partial charge in [-0.15, -0.1) is 0 Å². The van der Waals surface area contributed by atoms with Crippen LogP contribution in [0.5, 0.6) is 0 Å². The molecular formula is C31H30N4O3. The van der Waals surface area contributed by atoms with E-state index in [1.54, 1.807) is 19.5 Å². The summed E-state index contributed by atoms with van der Waals surface area (Å²) < 4.78 is 5.28. The number of pyridine rings is 1. The second-order valence-electron chi connectivity index (χ2n) is 10.1. The molecule has 1 unspecified atom stereocenters. The number of amides is 1. The molecule has 6 rings (SSSR count). The standard InChI is InChI=1S/C31H30N4O3/c1-19(38-2)12-31(37)35-11-3-4-29(35)27-16-30(36)25-15-23(9-10-26(25)34-27)21-5-6-22-14-24(8-7-20(22)13-21)28-17-32-18-33-28/h5-10,13-19,29H,3-4,11-12H2,1-2H3,(H,32,33)(H,34,36)/t19-,29?/m1/s1. The van der Waals surface area contributed by atoms with Crippen molar-refractivity contribution in [1.29, 1.82) is 0 Å². The van der Waals surface area contributed by atoms with Gasteiger partial charge in [-0.25, -0.2) is 4.98 Å². The van der Waals surface area contributed by atoms with Gasteiger partial charge in [0, 0.05) is 41.9 Å². The van der Waals surface area contributed by atoms with Crippen molar-refractivity contribution in [1.82, 2.24) is 19.9 Å². The van der Waals surface area contributed by atoms with Crippen molar-refractivity contribution < 1.29 is 9.53 Å². The average molecular weight is 507 g/mol. The first-order valence-electron chi connectivity index (χ1n) is 13.0. The summed E-state index contributed by atoms with van der Waals surface area (Å²) in [4.78, 5) is 38.7. The summed E-state index contributed by atoms with van der Waals surface area (Å²) in [6, 6.07) is 20.2. The van der Waals surface area contributed by atoms with E-state index in [2.05, 4.69) is 51.4 Å². The number of likely N-dealkylation sites (tertiary alicyclic amines) is 1. The van der Waals surface area contributed by atoms with Crippen LogP contribution in [0.1, 0.15) is 37.9 Å². The van der Waals surface area contributed by atoms with Crippen molar-refractivity contribution in [2.75, 3.05) is 13.7 Å². The number of ether oxygens (including phenoxy) is 1. The molecule has 2 atom stereocenters. The number of aromatic nitrogens is 3. The van der Waals surface area contributed by atoms with Gasteiger partial charge in [-0.2, -0.15) is 0 Å². The van der Waals surface area contributed by atoms with Gasteiger partial charge in [-0.05, 0) is 65.9 Å². The predicted molar refractivity (Wildman–Crippen MR) is 150 cm³/mol. The molecular weight excluding hydrogens is 476 g/mol. The van der Waals surface area contributed by atoms with Gasteiger partial charge in [0.05, 0.1) is 36.8 Å². The Morgan fingerprint density at radius 2 is 1.79 bits per heavy atom. The SMILES string of the molecule is CO[C@H](C)CC(=O)N1CCCC1c1cc(=O)c2cc(-c3ccc4cc(-c5cnc[nH]5)ccc4c3)ccc2[nH]1. The minimum atomic E-state index is -0.133. The van der Waals surface area contributed by atoms with Crippen LogP contribution in [0.25, 0.3) is 44.1 Å². The Morgan fingerprint density at radius 3 is 2.55 bits per heavy atom. The van der Waals surface area contributed by atoms with Crippen molar-refractivity contribution in [3.8, 4) is 22.4 Å². The molecule has 3 aromatic carbocycles. The van der Waals surface area contributed by atoms with E-state index in [0.717, 1.165) is 57.2 Å². The summed E-state index contributed by atoms with van der Waals surface area (Å²) in [5.74, 6) is 0.0612. The lowest BCUT2D eigenvalue weighted by molar-refractivity contribution is -0.134. The topological polar surface area (TPSA) is 91.1 Å². The van der Waals surface area contributed by atoms with Gasteiger partial charge >= 0.3 is 0 Å². The molecule has 1 fully saturated rings. The van der Waals surface area contributed by atoms with E-state index in [4.69, 9.17) is 4.74 Å². The number of nitrogens with zero attached hydrogens (tertiary/aromatic N) is 2. The maximum atomic E-state index is 13.3. The normalized spacial score (nSPS) is 16.4. The Balaban J connectivity index is 1.30. The van der Waals surface area contributed by atoms with Crippen molar-refractivity contribution in [2.45, 2.75) is 38.3 Å². The summed E-state index contributed by atoms with van der Waals surface area (Å²) in [5.41, 5.74) is 5.66. The number of hydrogen-bond acceptors (Lipinski definition) is 4. The van der Waals surface area contributed by atoms with Crippen molar-refractivity contribution in [3.05, 3.63) is 89.1 Å². The predicted octanol–water partition coefficient (Wildman–Crippen LogP) is 5.83. The van der Waals surface area contributed by atoms with Gasteiger partial charge in [0.2, 0.25) is 5.91 Å². The highest BCUT2D eigenvalue weighted by Crippen LogP contribution is 2.33. The Bertz CT molecular complexity index is 1690. The number of carbonyl (C=O) groups excluding carboxylic acids is 1. The minimum absolute atomic E-state index is 0.0369. The molecule has 1 saturated heterocycles. The Morgan fingerprint density at radius 1 is 1.05 bits per heavy atom. The molecule has 0 saturated carbocycles. The molecule has 2 N–H and O–H groups in total. The Labute approximate surface area is 220 Å². The fraction of sp³-hybridized carbons (Fsp3) is 0.258. The molecule has 0 aliphatic carbocycles. The van der Waals surface area contributed by atoms with Crippen LogP contribution in [0.2, 0.25) is 0 Å². The van der Waals surface area contributed by atoms with Crippen molar-refractivity contribution >= 4 is 27.6 Å². The van der Waals surface area contributed by atoms with Crippen LogP contribution in [-0.2, 0) is 9.53 Å². The van der Waals surface area contributed by atoms with Gasteiger partial charge in [0.1, 0.15) is 0 Å². The van der Waals surface area contributed by atoms with Crippen LogP contribution >= 0.6 is 0 Å². The first-order valence-corrected chi connectivity index (χ1v) is 13.0. The highest BCUT2D eigenvalue weighted by Gasteiger charge is 2.31. The zero-order valence-corrected chi connectivity index (χ0v) is 21.5. The minimum Gasteiger partial charge on any atom is -0.381 e. The maximum Gasteiger partial charge on any atom is 0.225 e. The smallest absolute Gasteiger partial charge is 0.225 e. The number of hydrogen-bond donors (Lipinski definition) is 2. The molecule has 7 nitrogen and oxygen atoms in total. The van der Waals surface area contributed by atoms with Crippen LogP contribution in [0.4, 0.5) is 0 Å². The quantitative estimate of drug-likeness (QED) is 0.303. The molecule has 3 heterocycles. The lowest BCUT2D eigenvalue weighted by Gasteiger charge is -2.26. The summed E-state index contributed by atoms with van der Waals surface area (Å²) in [7, 11) is 1.62. The summed E-state index contributed by atoms with van der Waals surface area (Å²) in [6.45, 7) is 2.59. The number of carbonyl (C=O) groups is 1. The zero-order chi connectivity index (χ0) is 26.2. The molecule has 1 aliphatic rings. The first-order chi connectivity index (χ1) is 18.5. The summed E-state index contributed by atoms with van der Waals surface area (Å²) in [6.07, 6.45) is 5.46. The second kappa shape index (κ2) is 9.91. The number of H-pyrrole nitrogens is 2. The zero-order valence-electron chi connectivity index (χ0n) is 21.5. The van der Waals surface area contributed by atoms with E-state index in [1.165, 1.54) is 0 Å². The number of methoxy groups -OCH3 is 1. The third-order valence-electron chi connectivity index (χ3n) is 7.63. The molecule has 1 aliphatic heterocycles. The molecule has 2 aromatic heterocycles. The van der Waals surface area contributed by atoms with Crippen LogP contribution in [-0.4, -0.2) is 45.5 Å². The number of rotatable bonds is 6. The van der Waals surface area contributed by atoms with Crippen LogP contribution < -0.4 is 5.43 Å². The molecule has 0 bridgehead atoms. The summed E-state index contributed by atoms with van der Waals surface area (Å²) in [5, 5.41) is 2.91. The lowest BCUT2D eigenvalue weighted by atomic mass is 9.98. The Hall–Kier alpha value is -4.23. The third kappa shape index (κ3) is 4.50. The fourth-order valence-corrected chi connectivity index (χ4v) is 5.47. The van der Waals surface area contributed by atoms with E-state index in [-0.39, 0.29) is 23.5 Å². The molecule has 38 heavy (non-hydrogen) atoms. The van der Waals surface area contributed by atoms with Gasteiger partial charge in [-0.1, -0.05) is 30.3 Å². The maximum absolute atomic E-state index is 13.3. The molecule has 5 aromatic rings. The number of aromatic amines is 2. The monoisotopic (exact) mass is 506 g/mol. The number of benzene rings is 3. The van der Waals surface area contributed by atoms with E-state index >= 15 is 0 Å². The van der Waals surface area contributed by atoms with Crippen molar-refractivity contribution in [3.63, 3.8) is 0 Å². The molecule has 192 valence electrons. The average Bonchev–Trinajstić information content (AvgIpc) is 3.65. The molecule has 0 spiro atoms. The fourth-order valence-electron chi connectivity index (χ4n) is 5.47. The largest absolute Gasteiger partial charge is 0.381 e. The number of fused-ring (bicyclic) bond motifs is 2. The van der Waals surface area contributed by atoms with Gasteiger partial charge in [0.15, 0.2) is 5.43 Å². The van der Waals surface area contributed by atoms with Crippen molar-refractivity contribution in [2.24, 2.45) is 0 Å². The molecule has 7 heteroatoms. The lowest BCUT2D eigenvalue weighted by Crippen LogP contribution is -2.33. The second-order valence-corrected chi connectivity index (χ2v) is 10.1. The first kappa shape index (κ1) is 24.1. The highest BCUT2D eigenvalue weighted by atomic mass is 16.5. The van der Waals surface area contributed by atoms with E-state index in [1.807, 2.05) is 36.2 Å². The van der Waals surface area contributed by atoms with E-state index in [9.17, 15) is 9.59 Å². The van der Waals surface area contributed by atoms with Gasteiger partial charge in [-0.3, -0.25) is 9.59 Å². The molecule has 0 radical (unpaired) electrons. The highest BCUT2D eigenvalue weighted by molar-refractivity contribution is 5.92. The van der Waals surface area contributed by atoms with Gasteiger partial charge in [0.25, 0.3) is 0 Å². The van der Waals surface area contributed by atoms with Crippen LogP contribution in [0, 0.1) is 0 Å². The van der Waals surface area contributed by atoms with Gasteiger partial charge < -0.3 is 19.6 Å². The summed E-state index contributed by atoms with van der Waals surface area (Å²) >= 11 is 0. The Kier molecular flexibility index (Phi) is 6.29. The third-order valence-corrected chi connectivity index (χ3v) is 7.63. The molecule has 1 amide bonds.